The Balaban J connectivity index is 1.75. The number of carbonyl (C=O) groups is 1. The molecule has 6 heteroatoms. The van der Waals surface area contributed by atoms with Crippen LogP contribution in [0.1, 0.15) is 47.3 Å². The van der Waals surface area contributed by atoms with Gasteiger partial charge in [-0.25, -0.2) is 8.42 Å². The summed E-state index contributed by atoms with van der Waals surface area (Å²) < 4.78 is 24.9. The minimum atomic E-state index is -3.32. The maximum Gasteiger partial charge on any atom is 0.251 e. The molecule has 2 aromatic carbocycles. The molecule has 0 unspecified atom stereocenters. The first kappa shape index (κ1) is 18.5. The van der Waals surface area contributed by atoms with Gasteiger partial charge < -0.3 is 5.32 Å². The molecule has 0 spiro atoms. The lowest BCUT2D eigenvalue weighted by atomic mass is 9.87. The van der Waals surface area contributed by atoms with Gasteiger partial charge in [0.2, 0.25) is 10.0 Å². The standard InChI is InChI=1S/C20H24N2O3S/c1-3-22(26(2,24)25)17-13-11-16(12-14-17)20(23)21-19-10-6-8-15-7-4-5-9-18(15)19/h4-5,7,9,11-14,19H,3,6,8,10H2,1-2H3,(H,21,23)/t19-/m1/s1. The van der Waals surface area contributed by atoms with Crippen LogP contribution in [0.25, 0.3) is 0 Å². The molecular weight excluding hydrogens is 348 g/mol. The van der Waals surface area contributed by atoms with Crippen molar-refractivity contribution in [3.63, 3.8) is 0 Å². The number of nitrogens with zero attached hydrogens (tertiary/aromatic N) is 1. The molecular formula is C20H24N2O3S. The first-order valence-corrected chi connectivity index (χ1v) is 10.7. The minimum Gasteiger partial charge on any atom is -0.345 e. The molecule has 0 heterocycles. The predicted molar refractivity (Wildman–Crippen MR) is 104 cm³/mol. The number of nitrogens with one attached hydrogen (secondary N) is 1. The highest BCUT2D eigenvalue weighted by molar-refractivity contribution is 7.92. The van der Waals surface area contributed by atoms with E-state index in [4.69, 9.17) is 0 Å². The Morgan fingerprint density at radius 3 is 2.50 bits per heavy atom. The van der Waals surface area contributed by atoms with E-state index in [0.717, 1.165) is 19.3 Å². The van der Waals surface area contributed by atoms with Crippen molar-refractivity contribution >= 4 is 21.6 Å². The van der Waals surface area contributed by atoms with Crippen LogP contribution in [0.2, 0.25) is 0 Å². The third-order valence-electron chi connectivity index (χ3n) is 4.78. The maximum atomic E-state index is 12.6. The van der Waals surface area contributed by atoms with Gasteiger partial charge in [-0.15, -0.1) is 0 Å². The zero-order valence-corrected chi connectivity index (χ0v) is 15.9. The first-order chi connectivity index (χ1) is 12.4. The molecule has 1 aliphatic carbocycles. The highest BCUT2D eigenvalue weighted by Crippen LogP contribution is 2.29. The Morgan fingerprint density at radius 2 is 1.85 bits per heavy atom. The van der Waals surface area contributed by atoms with Crippen molar-refractivity contribution < 1.29 is 13.2 Å². The Labute approximate surface area is 155 Å². The SMILES string of the molecule is CCN(c1ccc(C(=O)N[C@@H]2CCCc3ccccc32)cc1)S(C)(=O)=O. The Bertz CT molecular complexity index is 892. The van der Waals surface area contributed by atoms with Crippen LogP contribution in [0.15, 0.2) is 48.5 Å². The quantitative estimate of drug-likeness (QED) is 0.876. The second-order valence-corrected chi connectivity index (χ2v) is 8.50. The lowest BCUT2D eigenvalue weighted by Crippen LogP contribution is -2.31. The number of fused-ring (bicyclic) bond motifs is 1. The number of hydrogen-bond donors (Lipinski definition) is 1. The Morgan fingerprint density at radius 1 is 1.15 bits per heavy atom. The molecule has 5 nitrogen and oxygen atoms in total. The van der Waals surface area contributed by atoms with E-state index in [1.165, 1.54) is 21.7 Å². The summed E-state index contributed by atoms with van der Waals surface area (Å²) in [5, 5.41) is 3.11. The van der Waals surface area contributed by atoms with E-state index in [-0.39, 0.29) is 11.9 Å². The number of amides is 1. The van der Waals surface area contributed by atoms with Gasteiger partial charge in [0.05, 0.1) is 18.0 Å². The van der Waals surface area contributed by atoms with Crippen LogP contribution in [0.4, 0.5) is 5.69 Å². The monoisotopic (exact) mass is 372 g/mol. The molecule has 1 aliphatic rings. The van der Waals surface area contributed by atoms with Crippen LogP contribution < -0.4 is 9.62 Å². The van der Waals surface area contributed by atoms with Gasteiger partial charge >= 0.3 is 0 Å². The number of aryl methyl sites for hydroxylation is 1. The Hall–Kier alpha value is -2.34. The molecule has 0 saturated heterocycles. The smallest absolute Gasteiger partial charge is 0.251 e. The number of benzene rings is 2. The molecule has 1 amide bonds. The summed E-state index contributed by atoms with van der Waals surface area (Å²) in [6, 6.07) is 14.9. The van der Waals surface area contributed by atoms with Crippen molar-refractivity contribution in [2.75, 3.05) is 17.1 Å². The molecule has 1 N–H and O–H groups in total. The van der Waals surface area contributed by atoms with Crippen LogP contribution in [0, 0.1) is 0 Å². The van der Waals surface area contributed by atoms with Gasteiger partial charge in [0, 0.05) is 12.1 Å². The molecule has 0 aromatic heterocycles. The first-order valence-electron chi connectivity index (χ1n) is 8.86. The van der Waals surface area contributed by atoms with Gasteiger partial charge in [0.25, 0.3) is 5.91 Å². The van der Waals surface area contributed by atoms with Crippen molar-refractivity contribution in [3.8, 4) is 0 Å². The highest BCUT2D eigenvalue weighted by Gasteiger charge is 2.22. The highest BCUT2D eigenvalue weighted by atomic mass is 32.2. The van der Waals surface area contributed by atoms with Gasteiger partial charge in [0.1, 0.15) is 0 Å². The zero-order valence-electron chi connectivity index (χ0n) is 15.1. The normalized spacial score (nSPS) is 16.6. The van der Waals surface area contributed by atoms with Crippen molar-refractivity contribution in [1.29, 1.82) is 0 Å². The lowest BCUT2D eigenvalue weighted by molar-refractivity contribution is 0.0933. The average molecular weight is 372 g/mol. The van der Waals surface area contributed by atoms with Crippen molar-refractivity contribution in [2.24, 2.45) is 0 Å². The van der Waals surface area contributed by atoms with E-state index in [1.54, 1.807) is 31.2 Å². The topological polar surface area (TPSA) is 66.5 Å². The van der Waals surface area contributed by atoms with Crippen LogP contribution in [0.5, 0.6) is 0 Å². The third kappa shape index (κ3) is 3.90. The largest absolute Gasteiger partial charge is 0.345 e. The van der Waals surface area contributed by atoms with Crippen molar-refractivity contribution in [2.45, 2.75) is 32.2 Å². The van der Waals surface area contributed by atoms with E-state index in [2.05, 4.69) is 17.4 Å². The fourth-order valence-electron chi connectivity index (χ4n) is 3.53. The van der Waals surface area contributed by atoms with Crippen molar-refractivity contribution in [1.82, 2.24) is 5.32 Å². The zero-order chi connectivity index (χ0) is 18.7. The van der Waals surface area contributed by atoms with Gasteiger partial charge in [0.15, 0.2) is 0 Å². The van der Waals surface area contributed by atoms with E-state index in [9.17, 15) is 13.2 Å². The van der Waals surface area contributed by atoms with Gasteiger partial charge in [-0.05, 0) is 61.6 Å². The average Bonchev–Trinajstić information content (AvgIpc) is 2.62. The second-order valence-electron chi connectivity index (χ2n) is 6.59. The van der Waals surface area contributed by atoms with E-state index in [0.29, 0.717) is 17.8 Å². The third-order valence-corrected chi connectivity index (χ3v) is 6.05. The maximum absolute atomic E-state index is 12.6. The molecule has 3 rings (SSSR count). The second kappa shape index (κ2) is 7.50. The molecule has 2 aromatic rings. The van der Waals surface area contributed by atoms with Crippen LogP contribution in [0.3, 0.4) is 0 Å². The van der Waals surface area contributed by atoms with E-state index >= 15 is 0 Å². The number of rotatable bonds is 5. The summed E-state index contributed by atoms with van der Waals surface area (Å²) in [7, 11) is -3.32. The fourth-order valence-corrected chi connectivity index (χ4v) is 4.51. The van der Waals surface area contributed by atoms with Crippen molar-refractivity contribution in [3.05, 3.63) is 65.2 Å². The molecule has 0 bridgehead atoms. The summed E-state index contributed by atoms with van der Waals surface area (Å²) in [4.78, 5) is 12.6. The summed E-state index contributed by atoms with van der Waals surface area (Å²) in [6.07, 6.45) is 4.21. The molecule has 26 heavy (non-hydrogen) atoms. The minimum absolute atomic E-state index is 0.0234. The predicted octanol–water partition coefficient (Wildman–Crippen LogP) is 3.28. The number of sulfonamides is 1. The fraction of sp³-hybridized carbons (Fsp3) is 0.350. The number of carbonyl (C=O) groups excluding carboxylic acids is 1. The molecule has 0 saturated carbocycles. The van der Waals surface area contributed by atoms with E-state index in [1.807, 2.05) is 12.1 Å². The summed E-state index contributed by atoms with van der Waals surface area (Å²) in [5.74, 6) is -0.138. The molecule has 1 atom stereocenters. The Kier molecular flexibility index (Phi) is 5.32. The lowest BCUT2D eigenvalue weighted by Gasteiger charge is -2.26. The van der Waals surface area contributed by atoms with Gasteiger partial charge in [-0.3, -0.25) is 9.10 Å². The van der Waals surface area contributed by atoms with Crippen LogP contribution in [-0.2, 0) is 16.4 Å². The number of anilines is 1. The molecule has 0 aliphatic heterocycles. The van der Waals surface area contributed by atoms with Crippen LogP contribution >= 0.6 is 0 Å². The summed E-state index contributed by atoms with van der Waals surface area (Å²) in [6.45, 7) is 2.13. The van der Waals surface area contributed by atoms with Crippen LogP contribution in [-0.4, -0.2) is 27.1 Å². The number of hydrogen-bond acceptors (Lipinski definition) is 3. The van der Waals surface area contributed by atoms with E-state index < -0.39 is 10.0 Å². The molecule has 0 radical (unpaired) electrons. The summed E-state index contributed by atoms with van der Waals surface area (Å²) >= 11 is 0. The van der Waals surface area contributed by atoms with Gasteiger partial charge in [-0.1, -0.05) is 24.3 Å². The van der Waals surface area contributed by atoms with Gasteiger partial charge in [-0.2, -0.15) is 0 Å². The molecule has 138 valence electrons. The molecule has 0 fully saturated rings. The summed E-state index contributed by atoms with van der Waals surface area (Å²) in [5.41, 5.74) is 3.58.